The lowest BCUT2D eigenvalue weighted by Gasteiger charge is -1.99. The molecule has 0 atom stereocenters. The Morgan fingerprint density at radius 3 is 2.60 bits per heavy atom. The molecule has 0 spiro atoms. The summed E-state index contributed by atoms with van der Waals surface area (Å²) in [5.74, 6) is 0. The number of aromatic nitrogens is 2. The van der Waals surface area contributed by atoms with Gasteiger partial charge in [0.05, 0.1) is 17.4 Å². The van der Waals surface area contributed by atoms with E-state index in [1.807, 2.05) is 6.07 Å². The molecule has 0 aliphatic heterocycles. The average Bonchev–Trinajstić information content (AvgIpc) is 2.78. The van der Waals surface area contributed by atoms with Gasteiger partial charge in [-0.15, -0.1) is 0 Å². The molecule has 0 unspecified atom stereocenters. The van der Waals surface area contributed by atoms with Gasteiger partial charge in [0, 0.05) is 11.8 Å². The molecule has 0 radical (unpaired) electrons. The molecule has 0 aliphatic carbocycles. The van der Waals surface area contributed by atoms with E-state index in [4.69, 9.17) is 5.26 Å². The van der Waals surface area contributed by atoms with Gasteiger partial charge in [-0.05, 0) is 24.3 Å². The van der Waals surface area contributed by atoms with Crippen molar-refractivity contribution in [3.63, 3.8) is 0 Å². The summed E-state index contributed by atoms with van der Waals surface area (Å²) in [5, 5.41) is 12.6. The molecular weight excluding hydrogens is 190 g/mol. The highest BCUT2D eigenvalue weighted by atomic mass is 16.1. The first-order chi connectivity index (χ1) is 7.33. The fourth-order valence-corrected chi connectivity index (χ4v) is 1.23. The van der Waals surface area contributed by atoms with E-state index in [0.717, 1.165) is 12.0 Å². The van der Waals surface area contributed by atoms with Crippen molar-refractivity contribution < 1.29 is 4.79 Å². The first-order valence-corrected chi connectivity index (χ1v) is 4.34. The molecule has 4 nitrogen and oxygen atoms in total. The summed E-state index contributed by atoms with van der Waals surface area (Å²) in [6, 6.07) is 8.96. The molecule has 2 rings (SSSR count). The molecule has 2 aromatic rings. The lowest BCUT2D eigenvalue weighted by Crippen LogP contribution is -1.93. The van der Waals surface area contributed by atoms with Crippen LogP contribution >= 0.6 is 0 Å². The van der Waals surface area contributed by atoms with Crippen molar-refractivity contribution in [2.75, 3.05) is 0 Å². The number of hydrogen-bond acceptors (Lipinski definition) is 3. The minimum Gasteiger partial charge on any atom is -0.298 e. The summed E-state index contributed by atoms with van der Waals surface area (Å²) in [4.78, 5) is 10.4. The molecule has 0 saturated carbocycles. The Balaban J connectivity index is 2.37. The Kier molecular flexibility index (Phi) is 2.30. The molecule has 0 amide bonds. The number of carbonyl (C=O) groups excluding carboxylic acids is 1. The highest BCUT2D eigenvalue weighted by Crippen LogP contribution is 2.08. The van der Waals surface area contributed by atoms with Crippen molar-refractivity contribution in [3.05, 3.63) is 47.8 Å². The predicted octanol–water partition coefficient (Wildman–Crippen LogP) is 1.56. The molecule has 15 heavy (non-hydrogen) atoms. The maximum Gasteiger partial charge on any atom is 0.150 e. The molecular formula is C11H7N3O. The van der Waals surface area contributed by atoms with Gasteiger partial charge < -0.3 is 0 Å². The van der Waals surface area contributed by atoms with Crippen molar-refractivity contribution in [1.82, 2.24) is 9.78 Å². The normalized spacial score (nSPS) is 9.53. The number of benzene rings is 1. The molecule has 0 saturated heterocycles. The SMILES string of the molecule is N#Cc1cnn(-c2ccc(C=O)cc2)c1. The van der Waals surface area contributed by atoms with E-state index in [1.54, 1.807) is 35.1 Å². The molecule has 0 N–H and O–H groups in total. The van der Waals surface area contributed by atoms with Crippen molar-refractivity contribution >= 4 is 6.29 Å². The van der Waals surface area contributed by atoms with E-state index in [9.17, 15) is 4.79 Å². The van der Waals surface area contributed by atoms with Crippen LogP contribution in [-0.2, 0) is 0 Å². The summed E-state index contributed by atoms with van der Waals surface area (Å²) in [7, 11) is 0. The molecule has 1 heterocycles. The van der Waals surface area contributed by atoms with Gasteiger partial charge in [-0.1, -0.05) is 0 Å². The summed E-state index contributed by atoms with van der Waals surface area (Å²) in [6.07, 6.45) is 3.91. The molecule has 0 fully saturated rings. The molecule has 4 heteroatoms. The molecule has 72 valence electrons. The third-order valence-corrected chi connectivity index (χ3v) is 2.01. The van der Waals surface area contributed by atoms with Gasteiger partial charge in [0.15, 0.2) is 0 Å². The molecule has 0 aliphatic rings. The fraction of sp³-hybridized carbons (Fsp3) is 0. The maximum atomic E-state index is 10.4. The van der Waals surface area contributed by atoms with Gasteiger partial charge in [-0.2, -0.15) is 10.4 Å². The topological polar surface area (TPSA) is 58.7 Å². The molecule has 1 aromatic carbocycles. The third-order valence-electron chi connectivity index (χ3n) is 2.01. The van der Waals surface area contributed by atoms with Crippen LogP contribution in [0.25, 0.3) is 5.69 Å². The number of hydrogen-bond donors (Lipinski definition) is 0. The highest BCUT2D eigenvalue weighted by Gasteiger charge is 1.99. The Morgan fingerprint density at radius 1 is 1.33 bits per heavy atom. The van der Waals surface area contributed by atoms with Crippen LogP contribution in [-0.4, -0.2) is 16.1 Å². The maximum absolute atomic E-state index is 10.4. The largest absolute Gasteiger partial charge is 0.298 e. The second kappa shape index (κ2) is 3.76. The van der Waals surface area contributed by atoms with Crippen molar-refractivity contribution in [2.24, 2.45) is 0 Å². The van der Waals surface area contributed by atoms with Crippen LogP contribution in [0.5, 0.6) is 0 Å². The minimum atomic E-state index is 0.509. The summed E-state index contributed by atoms with van der Waals surface area (Å²) >= 11 is 0. The lowest BCUT2D eigenvalue weighted by molar-refractivity contribution is 0.112. The number of nitriles is 1. The van der Waals surface area contributed by atoms with Crippen LogP contribution in [0.4, 0.5) is 0 Å². The van der Waals surface area contributed by atoms with Gasteiger partial charge in [-0.3, -0.25) is 4.79 Å². The molecule has 0 bridgehead atoms. The quantitative estimate of drug-likeness (QED) is 0.686. The minimum absolute atomic E-state index is 0.509. The second-order valence-electron chi connectivity index (χ2n) is 2.99. The first-order valence-electron chi connectivity index (χ1n) is 4.34. The fourth-order valence-electron chi connectivity index (χ4n) is 1.23. The Hall–Kier alpha value is -2.41. The van der Waals surface area contributed by atoms with Gasteiger partial charge in [-0.25, -0.2) is 4.68 Å². The van der Waals surface area contributed by atoms with Gasteiger partial charge >= 0.3 is 0 Å². The Labute approximate surface area is 86.4 Å². The van der Waals surface area contributed by atoms with Crippen LogP contribution < -0.4 is 0 Å². The van der Waals surface area contributed by atoms with Crippen molar-refractivity contribution in [2.45, 2.75) is 0 Å². The zero-order valence-corrected chi connectivity index (χ0v) is 7.79. The summed E-state index contributed by atoms with van der Waals surface area (Å²) in [6.45, 7) is 0. The predicted molar refractivity (Wildman–Crippen MR) is 53.7 cm³/mol. The molecule has 1 aromatic heterocycles. The van der Waals surface area contributed by atoms with Crippen LogP contribution in [0.3, 0.4) is 0 Å². The number of aldehydes is 1. The standard InChI is InChI=1S/C11H7N3O/c12-5-10-6-13-14(7-10)11-3-1-9(8-15)2-4-11/h1-4,6-8H. The summed E-state index contributed by atoms with van der Waals surface area (Å²) in [5.41, 5.74) is 1.95. The van der Waals surface area contributed by atoms with Crippen LogP contribution in [0.1, 0.15) is 15.9 Å². The smallest absolute Gasteiger partial charge is 0.150 e. The lowest BCUT2D eigenvalue weighted by atomic mass is 10.2. The summed E-state index contributed by atoms with van der Waals surface area (Å²) < 4.78 is 1.59. The van der Waals surface area contributed by atoms with Crippen LogP contribution in [0.2, 0.25) is 0 Å². The van der Waals surface area contributed by atoms with E-state index in [0.29, 0.717) is 11.1 Å². The van der Waals surface area contributed by atoms with E-state index < -0.39 is 0 Å². The van der Waals surface area contributed by atoms with Gasteiger partial charge in [0.1, 0.15) is 12.4 Å². The highest BCUT2D eigenvalue weighted by molar-refractivity contribution is 5.75. The number of nitrogens with zero attached hydrogens (tertiary/aromatic N) is 3. The number of rotatable bonds is 2. The van der Waals surface area contributed by atoms with E-state index in [2.05, 4.69) is 5.10 Å². The van der Waals surface area contributed by atoms with Crippen molar-refractivity contribution in [3.8, 4) is 11.8 Å². The first kappa shape index (κ1) is 9.16. The van der Waals surface area contributed by atoms with Gasteiger partial charge in [0.25, 0.3) is 0 Å². The second-order valence-corrected chi connectivity index (χ2v) is 2.99. The zero-order valence-electron chi connectivity index (χ0n) is 7.79. The van der Waals surface area contributed by atoms with Gasteiger partial charge in [0.2, 0.25) is 0 Å². The van der Waals surface area contributed by atoms with Crippen LogP contribution in [0, 0.1) is 11.3 Å². The van der Waals surface area contributed by atoms with Crippen molar-refractivity contribution in [1.29, 1.82) is 5.26 Å². The monoisotopic (exact) mass is 197 g/mol. The Morgan fingerprint density at radius 2 is 2.07 bits per heavy atom. The average molecular weight is 197 g/mol. The Bertz CT molecular complexity index is 520. The van der Waals surface area contributed by atoms with E-state index in [1.165, 1.54) is 6.20 Å². The van der Waals surface area contributed by atoms with Crippen LogP contribution in [0.15, 0.2) is 36.7 Å². The number of carbonyl (C=O) groups is 1. The zero-order chi connectivity index (χ0) is 10.7. The third kappa shape index (κ3) is 1.76. The van der Waals surface area contributed by atoms with E-state index in [-0.39, 0.29) is 0 Å². The van der Waals surface area contributed by atoms with E-state index >= 15 is 0 Å².